The van der Waals surface area contributed by atoms with Crippen LogP contribution in [0.25, 0.3) is 0 Å². The van der Waals surface area contributed by atoms with E-state index in [9.17, 15) is 14.5 Å². The maximum Gasteiger partial charge on any atom is 0.315 e. The summed E-state index contributed by atoms with van der Waals surface area (Å²) in [6.07, 6.45) is 0. The molecule has 0 heterocycles. The number of nitro groups is 1. The monoisotopic (exact) mass is 277 g/mol. The summed E-state index contributed by atoms with van der Waals surface area (Å²) in [6.45, 7) is 0. The molecule has 0 atom stereocenters. The van der Waals surface area contributed by atoms with Crippen molar-refractivity contribution in [1.29, 1.82) is 0 Å². The first-order valence-electron chi connectivity index (χ1n) is 3.58. The zero-order valence-corrected chi connectivity index (χ0v) is 8.73. The molecule has 1 aromatic carbocycles. The first kappa shape index (κ1) is 11.4. The highest BCUT2D eigenvalue weighted by molar-refractivity contribution is 9.10. The van der Waals surface area contributed by atoms with Gasteiger partial charge in [0.1, 0.15) is 5.56 Å². The molecule has 8 heteroatoms. The lowest BCUT2D eigenvalue weighted by Gasteiger charge is -2.02. The molecule has 0 aliphatic heterocycles. The van der Waals surface area contributed by atoms with E-state index in [2.05, 4.69) is 21.1 Å². The lowest BCUT2D eigenvalue weighted by Crippen LogP contribution is -2.16. The van der Waals surface area contributed by atoms with E-state index in [1.165, 1.54) is 6.07 Å². The third kappa shape index (κ3) is 2.21. The predicted octanol–water partition coefficient (Wildman–Crippen LogP) is 1.59. The largest absolute Gasteiger partial charge is 0.409 e. The quantitative estimate of drug-likeness (QED) is 0.282. The fourth-order valence-corrected chi connectivity index (χ4v) is 1.43. The molecule has 0 radical (unpaired) electrons. The number of halogens is 2. The zero-order chi connectivity index (χ0) is 11.6. The lowest BCUT2D eigenvalue weighted by molar-refractivity contribution is -0.387. The van der Waals surface area contributed by atoms with Gasteiger partial charge in [-0.25, -0.2) is 0 Å². The van der Waals surface area contributed by atoms with Gasteiger partial charge in [-0.1, -0.05) is 21.1 Å². The van der Waals surface area contributed by atoms with Crippen molar-refractivity contribution in [2.75, 3.05) is 0 Å². The van der Waals surface area contributed by atoms with Gasteiger partial charge in [-0.2, -0.15) is 4.39 Å². The molecule has 0 bridgehead atoms. The van der Waals surface area contributed by atoms with Crippen molar-refractivity contribution >= 4 is 27.5 Å². The molecule has 0 saturated carbocycles. The Morgan fingerprint density at radius 1 is 1.67 bits per heavy atom. The number of hydrogen-bond donors (Lipinski definition) is 2. The number of oxime groups is 1. The molecule has 1 aromatic rings. The summed E-state index contributed by atoms with van der Waals surface area (Å²) in [6, 6.07) is 2.11. The molecule has 0 aliphatic carbocycles. The molecule has 0 unspecified atom stereocenters. The van der Waals surface area contributed by atoms with Crippen LogP contribution in [0.15, 0.2) is 21.8 Å². The van der Waals surface area contributed by atoms with Gasteiger partial charge in [-0.15, -0.1) is 0 Å². The van der Waals surface area contributed by atoms with Crippen molar-refractivity contribution in [3.63, 3.8) is 0 Å². The van der Waals surface area contributed by atoms with E-state index in [4.69, 9.17) is 10.9 Å². The average Bonchev–Trinajstić information content (AvgIpc) is 2.14. The molecular formula is C7H5BrFN3O3. The summed E-state index contributed by atoms with van der Waals surface area (Å²) < 4.78 is 13.5. The van der Waals surface area contributed by atoms with Crippen LogP contribution < -0.4 is 5.73 Å². The Morgan fingerprint density at radius 3 is 2.73 bits per heavy atom. The van der Waals surface area contributed by atoms with Gasteiger partial charge >= 0.3 is 5.69 Å². The van der Waals surface area contributed by atoms with E-state index in [1.54, 1.807) is 0 Å². The minimum atomic E-state index is -1.06. The molecule has 0 aliphatic rings. The summed E-state index contributed by atoms with van der Waals surface area (Å²) in [5, 5.41) is 21.5. The fourth-order valence-electron chi connectivity index (χ4n) is 1.00. The second kappa shape index (κ2) is 4.22. The molecule has 0 amide bonds. The van der Waals surface area contributed by atoms with Crippen molar-refractivity contribution in [3.05, 3.63) is 38.1 Å². The molecule has 6 nitrogen and oxygen atoms in total. The third-order valence-electron chi connectivity index (χ3n) is 1.59. The molecule has 0 fully saturated rings. The number of benzene rings is 1. The summed E-state index contributed by atoms with van der Waals surface area (Å²) in [5.74, 6) is -1.59. The zero-order valence-electron chi connectivity index (χ0n) is 7.15. The van der Waals surface area contributed by atoms with E-state index in [0.717, 1.165) is 6.07 Å². The van der Waals surface area contributed by atoms with Crippen molar-refractivity contribution in [2.45, 2.75) is 0 Å². The number of rotatable bonds is 2. The molecule has 0 aromatic heterocycles. The van der Waals surface area contributed by atoms with Crippen LogP contribution in [0.5, 0.6) is 0 Å². The van der Waals surface area contributed by atoms with Gasteiger partial charge in [-0.3, -0.25) is 10.1 Å². The van der Waals surface area contributed by atoms with Crippen LogP contribution >= 0.6 is 15.9 Å². The highest BCUT2D eigenvalue weighted by atomic mass is 79.9. The number of nitro benzene ring substituents is 1. The van der Waals surface area contributed by atoms with Crippen LogP contribution in [-0.4, -0.2) is 16.0 Å². The number of amidine groups is 1. The maximum atomic E-state index is 13.2. The predicted molar refractivity (Wildman–Crippen MR) is 53.3 cm³/mol. The van der Waals surface area contributed by atoms with Gasteiger partial charge in [0.15, 0.2) is 5.84 Å². The summed E-state index contributed by atoms with van der Waals surface area (Å²) in [7, 11) is 0. The Labute approximate surface area is 91.5 Å². The Kier molecular flexibility index (Phi) is 3.20. The molecule has 15 heavy (non-hydrogen) atoms. The van der Waals surface area contributed by atoms with Gasteiger partial charge in [0.2, 0.25) is 5.82 Å². The maximum absolute atomic E-state index is 13.2. The number of hydrogen-bond acceptors (Lipinski definition) is 4. The Morgan fingerprint density at radius 2 is 2.27 bits per heavy atom. The topological polar surface area (TPSA) is 102 Å². The normalized spacial score (nSPS) is 11.5. The number of nitrogens with two attached hydrogens (primary N) is 1. The van der Waals surface area contributed by atoms with Crippen LogP contribution in [-0.2, 0) is 0 Å². The molecule has 0 saturated heterocycles. The van der Waals surface area contributed by atoms with Gasteiger partial charge in [0.25, 0.3) is 0 Å². The highest BCUT2D eigenvalue weighted by Gasteiger charge is 2.23. The van der Waals surface area contributed by atoms with E-state index in [1.807, 2.05) is 0 Å². The van der Waals surface area contributed by atoms with Gasteiger partial charge in [0.05, 0.1) is 4.92 Å². The average molecular weight is 278 g/mol. The van der Waals surface area contributed by atoms with E-state index in [-0.39, 0.29) is 10.0 Å². The minimum absolute atomic E-state index is 0.257. The summed E-state index contributed by atoms with van der Waals surface area (Å²) in [4.78, 5) is 9.60. The summed E-state index contributed by atoms with van der Waals surface area (Å²) in [5.41, 5.74) is 4.07. The van der Waals surface area contributed by atoms with Gasteiger partial charge < -0.3 is 10.9 Å². The number of nitrogens with zero attached hydrogens (tertiary/aromatic N) is 2. The second-order valence-electron chi connectivity index (χ2n) is 2.53. The lowest BCUT2D eigenvalue weighted by atomic mass is 10.1. The SMILES string of the molecule is NC(=NO)c1cc(Br)cc(F)c1[N+](=O)[O-]. The standard InChI is InChI=1S/C7H5BrFN3O3/c8-3-1-4(7(10)11-13)6(12(14)15)5(9)2-3/h1-2,13H,(H2,10,11). The van der Waals surface area contributed by atoms with Crippen molar-refractivity contribution in [2.24, 2.45) is 10.9 Å². The van der Waals surface area contributed by atoms with Gasteiger partial charge in [-0.05, 0) is 12.1 Å². The van der Waals surface area contributed by atoms with Crippen LogP contribution in [0.2, 0.25) is 0 Å². The smallest absolute Gasteiger partial charge is 0.315 e. The Balaban J connectivity index is 3.54. The van der Waals surface area contributed by atoms with E-state index in [0.29, 0.717) is 0 Å². The third-order valence-corrected chi connectivity index (χ3v) is 2.05. The molecule has 80 valence electrons. The Bertz CT molecular complexity index is 449. The van der Waals surface area contributed by atoms with Crippen LogP contribution in [0.4, 0.5) is 10.1 Å². The van der Waals surface area contributed by atoms with E-state index >= 15 is 0 Å². The first-order chi connectivity index (χ1) is 6.97. The summed E-state index contributed by atoms with van der Waals surface area (Å²) >= 11 is 2.94. The molecule has 3 N–H and O–H groups in total. The molecule has 0 spiro atoms. The van der Waals surface area contributed by atoms with Gasteiger partial charge in [0, 0.05) is 4.47 Å². The first-order valence-corrected chi connectivity index (χ1v) is 4.38. The minimum Gasteiger partial charge on any atom is -0.409 e. The van der Waals surface area contributed by atoms with Crippen molar-refractivity contribution < 1.29 is 14.5 Å². The van der Waals surface area contributed by atoms with Crippen LogP contribution in [0.3, 0.4) is 0 Å². The van der Waals surface area contributed by atoms with Crippen molar-refractivity contribution in [1.82, 2.24) is 0 Å². The highest BCUT2D eigenvalue weighted by Crippen LogP contribution is 2.26. The fraction of sp³-hybridized carbons (Fsp3) is 0. The second-order valence-corrected chi connectivity index (χ2v) is 3.44. The van der Waals surface area contributed by atoms with E-state index < -0.39 is 22.3 Å². The van der Waals surface area contributed by atoms with Crippen LogP contribution in [0, 0.1) is 15.9 Å². The van der Waals surface area contributed by atoms with Crippen LogP contribution in [0.1, 0.15) is 5.56 Å². The Hall–Kier alpha value is -1.70. The van der Waals surface area contributed by atoms with Crippen molar-refractivity contribution in [3.8, 4) is 0 Å². The molecular weight excluding hydrogens is 273 g/mol. The molecule has 1 rings (SSSR count).